The molecule has 2 heteroatoms. The van der Waals surface area contributed by atoms with Crippen LogP contribution in [0.1, 0.15) is 22.3 Å². The lowest BCUT2D eigenvalue weighted by Crippen LogP contribution is -1.99. The topological polar surface area (TPSA) is 25.2 Å². The van der Waals surface area contributed by atoms with E-state index >= 15 is 0 Å². The van der Waals surface area contributed by atoms with E-state index in [2.05, 4.69) is 54.9 Å². The molecule has 102 valence electrons. The molecular formula is C18H19NO. The first kappa shape index (κ1) is 12.9. The smallest absolute Gasteiger partial charge is 0.0688 e. The van der Waals surface area contributed by atoms with Crippen LogP contribution in [-0.2, 0) is 13.2 Å². The van der Waals surface area contributed by atoms with Crippen molar-refractivity contribution in [2.75, 3.05) is 0 Å². The van der Waals surface area contributed by atoms with Gasteiger partial charge in [0.15, 0.2) is 0 Å². The predicted molar refractivity (Wildman–Crippen MR) is 82.9 cm³/mol. The van der Waals surface area contributed by atoms with Gasteiger partial charge in [-0.1, -0.05) is 41.5 Å². The second-order valence-electron chi connectivity index (χ2n) is 5.45. The number of fused-ring (bicyclic) bond motifs is 1. The average Bonchev–Trinajstić information content (AvgIpc) is 2.81. The quantitative estimate of drug-likeness (QED) is 0.765. The van der Waals surface area contributed by atoms with E-state index in [0.717, 1.165) is 17.5 Å². The van der Waals surface area contributed by atoms with E-state index in [9.17, 15) is 5.11 Å². The van der Waals surface area contributed by atoms with Gasteiger partial charge in [-0.25, -0.2) is 0 Å². The maximum atomic E-state index is 9.40. The van der Waals surface area contributed by atoms with Gasteiger partial charge in [0.05, 0.1) is 6.61 Å². The molecule has 0 saturated heterocycles. The van der Waals surface area contributed by atoms with Gasteiger partial charge in [-0.05, 0) is 37.1 Å². The molecule has 3 rings (SSSR count). The normalized spacial score (nSPS) is 11.2. The molecule has 3 aromatic rings. The van der Waals surface area contributed by atoms with E-state index in [0.29, 0.717) is 0 Å². The molecule has 1 aromatic heterocycles. The SMILES string of the molecule is Cc1cc(C)cc(Cn2ccc3c(CO)cccc32)c1. The van der Waals surface area contributed by atoms with Crippen LogP contribution in [-0.4, -0.2) is 9.67 Å². The molecule has 0 aliphatic carbocycles. The lowest BCUT2D eigenvalue weighted by atomic mass is 10.1. The highest BCUT2D eigenvalue weighted by molar-refractivity contribution is 5.83. The molecule has 0 radical (unpaired) electrons. The zero-order valence-electron chi connectivity index (χ0n) is 11.9. The fourth-order valence-electron chi connectivity index (χ4n) is 2.92. The summed E-state index contributed by atoms with van der Waals surface area (Å²) in [5.74, 6) is 0. The van der Waals surface area contributed by atoms with Crippen LogP contribution >= 0.6 is 0 Å². The third kappa shape index (κ3) is 2.35. The Morgan fingerprint density at radius 3 is 2.45 bits per heavy atom. The van der Waals surface area contributed by atoms with Crippen LogP contribution in [0.25, 0.3) is 10.9 Å². The summed E-state index contributed by atoms with van der Waals surface area (Å²) in [5.41, 5.74) is 6.08. The molecule has 0 atom stereocenters. The molecule has 1 N–H and O–H groups in total. The van der Waals surface area contributed by atoms with Crippen LogP contribution in [0, 0.1) is 13.8 Å². The Kier molecular flexibility index (Phi) is 3.33. The number of aryl methyl sites for hydroxylation is 2. The summed E-state index contributed by atoms with van der Waals surface area (Å²) in [5, 5.41) is 10.5. The maximum Gasteiger partial charge on any atom is 0.0688 e. The molecule has 0 amide bonds. The Bertz CT molecular complexity index is 735. The van der Waals surface area contributed by atoms with E-state index in [1.165, 1.54) is 22.2 Å². The predicted octanol–water partition coefficient (Wildman–Crippen LogP) is 3.80. The van der Waals surface area contributed by atoms with E-state index < -0.39 is 0 Å². The summed E-state index contributed by atoms with van der Waals surface area (Å²) in [6.45, 7) is 5.22. The van der Waals surface area contributed by atoms with E-state index in [1.54, 1.807) is 0 Å². The number of rotatable bonds is 3. The second-order valence-corrected chi connectivity index (χ2v) is 5.45. The van der Waals surface area contributed by atoms with Gasteiger partial charge >= 0.3 is 0 Å². The third-order valence-electron chi connectivity index (χ3n) is 3.71. The number of hydrogen-bond donors (Lipinski definition) is 1. The number of aliphatic hydroxyl groups is 1. The molecule has 0 unspecified atom stereocenters. The molecule has 1 heterocycles. The van der Waals surface area contributed by atoms with Crippen LogP contribution in [0.4, 0.5) is 0 Å². The van der Waals surface area contributed by atoms with E-state index in [-0.39, 0.29) is 6.61 Å². The lowest BCUT2D eigenvalue weighted by Gasteiger charge is -2.09. The van der Waals surface area contributed by atoms with Gasteiger partial charge in [0.25, 0.3) is 0 Å². The Morgan fingerprint density at radius 2 is 1.75 bits per heavy atom. The number of hydrogen-bond acceptors (Lipinski definition) is 1. The Hall–Kier alpha value is -2.06. The molecule has 0 spiro atoms. The van der Waals surface area contributed by atoms with Crippen molar-refractivity contribution in [3.8, 4) is 0 Å². The van der Waals surface area contributed by atoms with Crippen molar-refractivity contribution in [1.82, 2.24) is 4.57 Å². The van der Waals surface area contributed by atoms with Crippen LogP contribution in [0.2, 0.25) is 0 Å². The molecule has 20 heavy (non-hydrogen) atoms. The number of nitrogens with zero attached hydrogens (tertiary/aromatic N) is 1. The maximum absolute atomic E-state index is 9.40. The Balaban J connectivity index is 2.03. The fourth-order valence-corrected chi connectivity index (χ4v) is 2.92. The van der Waals surface area contributed by atoms with Crippen molar-refractivity contribution < 1.29 is 5.11 Å². The third-order valence-corrected chi connectivity index (χ3v) is 3.71. The number of benzene rings is 2. The summed E-state index contributed by atoms with van der Waals surface area (Å²) < 4.78 is 2.24. The molecular weight excluding hydrogens is 246 g/mol. The molecule has 0 saturated carbocycles. The van der Waals surface area contributed by atoms with Crippen LogP contribution < -0.4 is 0 Å². The highest BCUT2D eigenvalue weighted by Crippen LogP contribution is 2.22. The summed E-state index contributed by atoms with van der Waals surface area (Å²) >= 11 is 0. The summed E-state index contributed by atoms with van der Waals surface area (Å²) in [6.07, 6.45) is 2.10. The first-order valence-corrected chi connectivity index (χ1v) is 6.92. The van der Waals surface area contributed by atoms with Gasteiger partial charge < -0.3 is 9.67 Å². The zero-order chi connectivity index (χ0) is 14.1. The zero-order valence-corrected chi connectivity index (χ0v) is 11.9. The summed E-state index contributed by atoms with van der Waals surface area (Å²) in [4.78, 5) is 0. The standard InChI is InChI=1S/C18H19NO/c1-13-8-14(2)10-15(9-13)11-19-7-6-17-16(12-20)4-3-5-18(17)19/h3-10,20H,11-12H2,1-2H3. The van der Waals surface area contributed by atoms with Crippen molar-refractivity contribution in [2.45, 2.75) is 27.0 Å². The van der Waals surface area contributed by atoms with Crippen molar-refractivity contribution in [3.05, 3.63) is 70.9 Å². The molecule has 0 fully saturated rings. The van der Waals surface area contributed by atoms with Crippen LogP contribution in [0.5, 0.6) is 0 Å². The van der Waals surface area contributed by atoms with Crippen LogP contribution in [0.15, 0.2) is 48.7 Å². The van der Waals surface area contributed by atoms with Gasteiger partial charge in [-0.2, -0.15) is 0 Å². The molecule has 0 aliphatic rings. The van der Waals surface area contributed by atoms with E-state index in [1.807, 2.05) is 12.1 Å². The molecule has 2 aromatic carbocycles. The minimum absolute atomic E-state index is 0.0882. The van der Waals surface area contributed by atoms with Gasteiger partial charge in [0.2, 0.25) is 0 Å². The van der Waals surface area contributed by atoms with Crippen molar-refractivity contribution >= 4 is 10.9 Å². The second kappa shape index (κ2) is 5.14. The largest absolute Gasteiger partial charge is 0.392 e. The summed E-state index contributed by atoms with van der Waals surface area (Å²) in [6, 6.07) is 14.8. The molecule has 0 aliphatic heterocycles. The highest BCUT2D eigenvalue weighted by atomic mass is 16.3. The summed E-state index contributed by atoms with van der Waals surface area (Å²) in [7, 11) is 0. The van der Waals surface area contributed by atoms with Crippen LogP contribution in [0.3, 0.4) is 0 Å². The fraction of sp³-hybridized carbons (Fsp3) is 0.222. The number of aliphatic hydroxyl groups excluding tert-OH is 1. The highest BCUT2D eigenvalue weighted by Gasteiger charge is 2.05. The molecule has 0 bridgehead atoms. The minimum atomic E-state index is 0.0882. The number of aromatic nitrogens is 1. The molecule has 2 nitrogen and oxygen atoms in total. The van der Waals surface area contributed by atoms with Crippen molar-refractivity contribution in [1.29, 1.82) is 0 Å². The minimum Gasteiger partial charge on any atom is -0.392 e. The van der Waals surface area contributed by atoms with Gasteiger partial charge in [0, 0.05) is 23.6 Å². The lowest BCUT2D eigenvalue weighted by molar-refractivity contribution is 0.283. The first-order valence-electron chi connectivity index (χ1n) is 6.92. The monoisotopic (exact) mass is 265 g/mol. The Morgan fingerprint density at radius 1 is 1.00 bits per heavy atom. The van der Waals surface area contributed by atoms with Crippen molar-refractivity contribution in [2.24, 2.45) is 0 Å². The van der Waals surface area contributed by atoms with Gasteiger partial charge in [-0.3, -0.25) is 0 Å². The Labute approximate surface area is 119 Å². The first-order chi connectivity index (χ1) is 9.67. The van der Waals surface area contributed by atoms with Gasteiger partial charge in [0.1, 0.15) is 0 Å². The van der Waals surface area contributed by atoms with E-state index in [4.69, 9.17) is 0 Å². The van der Waals surface area contributed by atoms with Gasteiger partial charge in [-0.15, -0.1) is 0 Å². The van der Waals surface area contributed by atoms with Crippen molar-refractivity contribution in [3.63, 3.8) is 0 Å². The average molecular weight is 265 g/mol.